The summed E-state index contributed by atoms with van der Waals surface area (Å²) in [7, 11) is -3.98. The van der Waals surface area contributed by atoms with Gasteiger partial charge in [-0.2, -0.15) is 8.78 Å². The molecule has 3 rings (SSSR count). The van der Waals surface area contributed by atoms with Crippen LogP contribution in [0.4, 0.5) is 17.6 Å². The average Bonchev–Trinajstić information content (AvgIpc) is 3.07. The molecule has 2 aromatic rings. The number of ether oxygens (including phenoxy) is 1. The lowest BCUT2D eigenvalue weighted by Crippen LogP contribution is -2.51. The fourth-order valence-electron chi connectivity index (χ4n) is 3.74. The summed E-state index contributed by atoms with van der Waals surface area (Å²) in [5.41, 5.74) is 0.934. The Labute approximate surface area is 188 Å². The first kappa shape index (κ1) is 25.1. The molecular formula is C21H23F4N3O4S. The number of pyridine rings is 1. The Morgan fingerprint density at radius 1 is 1.15 bits per heavy atom. The van der Waals surface area contributed by atoms with Crippen molar-refractivity contribution >= 4 is 15.9 Å². The summed E-state index contributed by atoms with van der Waals surface area (Å²) in [6, 6.07) is 7.29. The number of carbonyl (C=O) groups is 1. The fourth-order valence-corrected chi connectivity index (χ4v) is 4.19. The second-order valence-electron chi connectivity index (χ2n) is 7.92. The van der Waals surface area contributed by atoms with Crippen LogP contribution in [0.2, 0.25) is 0 Å². The van der Waals surface area contributed by atoms with E-state index in [9.17, 15) is 30.8 Å². The summed E-state index contributed by atoms with van der Waals surface area (Å²) in [6.45, 7) is 1.67. The maximum absolute atomic E-state index is 13.8. The van der Waals surface area contributed by atoms with Crippen molar-refractivity contribution in [1.29, 1.82) is 0 Å². The monoisotopic (exact) mass is 489 g/mol. The molecule has 12 heteroatoms. The number of nitrogens with one attached hydrogen (secondary N) is 1. The first-order chi connectivity index (χ1) is 15.5. The van der Waals surface area contributed by atoms with Crippen LogP contribution in [0.25, 0.3) is 11.1 Å². The van der Waals surface area contributed by atoms with Gasteiger partial charge in [0.1, 0.15) is 18.5 Å². The lowest BCUT2D eigenvalue weighted by Gasteiger charge is -2.32. The van der Waals surface area contributed by atoms with Crippen LogP contribution in [0, 0.1) is 0 Å². The second kappa shape index (κ2) is 9.74. The standard InChI is InChI=1S/C21H23F4N3O4S/c1-21(2)28(20(29)19(24)25)17(9-22)18(32-21)14-5-3-13(4-6-14)15-7-8-16(26-10-15)11-27-33(30,31)12-23/h3-8,10,17-19,27H,9,11-12H2,1-2H3/t17?,18-/m1/s1. The highest BCUT2D eigenvalue weighted by Gasteiger charge is 2.52. The predicted molar refractivity (Wildman–Crippen MR) is 112 cm³/mol. The van der Waals surface area contributed by atoms with Gasteiger partial charge in [-0.1, -0.05) is 30.3 Å². The van der Waals surface area contributed by atoms with Crippen LogP contribution in [0.5, 0.6) is 0 Å². The van der Waals surface area contributed by atoms with Crippen LogP contribution >= 0.6 is 0 Å². The van der Waals surface area contributed by atoms with Crippen molar-refractivity contribution in [3.8, 4) is 11.1 Å². The topological polar surface area (TPSA) is 88.6 Å². The molecule has 7 nitrogen and oxygen atoms in total. The molecule has 1 N–H and O–H groups in total. The summed E-state index contributed by atoms with van der Waals surface area (Å²) in [5.74, 6) is -1.48. The molecule has 1 unspecified atom stereocenters. The highest BCUT2D eigenvalue weighted by molar-refractivity contribution is 7.89. The minimum Gasteiger partial charge on any atom is -0.346 e. The Morgan fingerprint density at radius 2 is 1.79 bits per heavy atom. The molecule has 1 fully saturated rings. The van der Waals surface area contributed by atoms with Crippen molar-refractivity contribution in [2.24, 2.45) is 0 Å². The third kappa shape index (κ3) is 5.50. The number of benzene rings is 1. The molecule has 1 saturated heterocycles. The lowest BCUT2D eigenvalue weighted by molar-refractivity contribution is -0.159. The molecule has 2 atom stereocenters. The molecule has 1 amide bonds. The number of nitrogens with zero attached hydrogens (tertiary/aromatic N) is 2. The molecule has 1 aliphatic heterocycles. The van der Waals surface area contributed by atoms with E-state index in [0.29, 0.717) is 16.8 Å². The van der Waals surface area contributed by atoms with Crippen LogP contribution in [-0.2, 0) is 26.1 Å². The van der Waals surface area contributed by atoms with E-state index in [4.69, 9.17) is 4.74 Å². The predicted octanol–water partition coefficient (Wildman–Crippen LogP) is 3.33. The normalized spacial score (nSPS) is 20.4. The molecule has 0 spiro atoms. The number of hydrogen-bond acceptors (Lipinski definition) is 5. The van der Waals surface area contributed by atoms with Gasteiger partial charge in [0, 0.05) is 11.8 Å². The van der Waals surface area contributed by atoms with Crippen LogP contribution in [0.3, 0.4) is 0 Å². The number of aromatic nitrogens is 1. The summed E-state index contributed by atoms with van der Waals surface area (Å²) in [6.07, 6.45) is -2.69. The van der Waals surface area contributed by atoms with E-state index in [2.05, 4.69) is 9.71 Å². The van der Waals surface area contributed by atoms with Gasteiger partial charge in [-0.25, -0.2) is 21.9 Å². The van der Waals surface area contributed by atoms with Gasteiger partial charge in [0.2, 0.25) is 16.0 Å². The number of sulfonamides is 1. The van der Waals surface area contributed by atoms with Crippen LogP contribution in [0.15, 0.2) is 42.6 Å². The van der Waals surface area contributed by atoms with Gasteiger partial charge in [0.15, 0.2) is 0 Å². The van der Waals surface area contributed by atoms with Crippen LogP contribution < -0.4 is 4.72 Å². The molecule has 0 aliphatic carbocycles. The van der Waals surface area contributed by atoms with E-state index in [0.717, 1.165) is 10.5 Å². The third-order valence-electron chi connectivity index (χ3n) is 5.27. The van der Waals surface area contributed by atoms with E-state index in [1.807, 2.05) is 0 Å². The largest absolute Gasteiger partial charge is 0.346 e. The molecule has 1 aliphatic rings. The summed E-state index contributed by atoms with van der Waals surface area (Å²) in [4.78, 5) is 16.9. The molecular weight excluding hydrogens is 466 g/mol. The summed E-state index contributed by atoms with van der Waals surface area (Å²) < 4.78 is 82.4. The number of carbonyl (C=O) groups excluding carboxylic acids is 1. The SMILES string of the molecule is CC1(C)O[C@H](c2ccc(-c3ccc(CNS(=O)(=O)CF)nc3)cc2)C(CF)N1C(=O)C(F)F. The molecule has 0 radical (unpaired) electrons. The van der Waals surface area contributed by atoms with E-state index in [1.165, 1.54) is 20.0 Å². The number of hydrogen-bond donors (Lipinski definition) is 1. The molecule has 0 saturated carbocycles. The van der Waals surface area contributed by atoms with Crippen LogP contribution in [0.1, 0.15) is 31.2 Å². The van der Waals surface area contributed by atoms with Gasteiger partial charge in [0.05, 0.1) is 18.3 Å². The molecule has 180 valence electrons. The minimum absolute atomic E-state index is 0.154. The molecule has 1 aromatic carbocycles. The van der Waals surface area contributed by atoms with E-state index < -0.39 is 52.9 Å². The Morgan fingerprint density at radius 3 is 2.30 bits per heavy atom. The smallest absolute Gasteiger partial charge is 0.315 e. The van der Waals surface area contributed by atoms with Gasteiger partial charge in [-0.05, 0) is 31.0 Å². The first-order valence-corrected chi connectivity index (χ1v) is 11.6. The highest BCUT2D eigenvalue weighted by Crippen LogP contribution is 2.42. The van der Waals surface area contributed by atoms with Crippen LogP contribution in [-0.4, -0.2) is 55.1 Å². The number of rotatable bonds is 8. The maximum atomic E-state index is 13.8. The lowest BCUT2D eigenvalue weighted by atomic mass is 9.99. The fraction of sp³-hybridized carbons (Fsp3) is 0.429. The average molecular weight is 489 g/mol. The number of alkyl halides is 4. The molecule has 0 bridgehead atoms. The highest BCUT2D eigenvalue weighted by atomic mass is 32.2. The zero-order chi connectivity index (χ0) is 24.4. The minimum atomic E-state index is -3.98. The Hall–Kier alpha value is -2.57. The van der Waals surface area contributed by atoms with Crippen molar-refractivity contribution in [3.05, 3.63) is 53.9 Å². The maximum Gasteiger partial charge on any atom is 0.315 e. The van der Waals surface area contributed by atoms with Crippen molar-refractivity contribution in [2.75, 3.05) is 12.7 Å². The molecule has 2 heterocycles. The van der Waals surface area contributed by atoms with Gasteiger partial charge < -0.3 is 9.64 Å². The third-order valence-corrected chi connectivity index (χ3v) is 6.14. The Kier molecular flexibility index (Phi) is 7.39. The van der Waals surface area contributed by atoms with Crippen molar-refractivity contribution in [1.82, 2.24) is 14.6 Å². The molecule has 33 heavy (non-hydrogen) atoms. The van der Waals surface area contributed by atoms with Crippen molar-refractivity contribution in [2.45, 2.75) is 44.7 Å². The summed E-state index contributed by atoms with van der Waals surface area (Å²) >= 11 is 0. The van der Waals surface area contributed by atoms with Gasteiger partial charge in [-0.15, -0.1) is 0 Å². The van der Waals surface area contributed by atoms with E-state index in [1.54, 1.807) is 36.4 Å². The zero-order valence-electron chi connectivity index (χ0n) is 17.8. The summed E-state index contributed by atoms with van der Waals surface area (Å²) in [5, 5.41) is 0. The quantitative estimate of drug-likeness (QED) is 0.575. The zero-order valence-corrected chi connectivity index (χ0v) is 18.7. The van der Waals surface area contributed by atoms with Gasteiger partial charge in [0.25, 0.3) is 5.91 Å². The first-order valence-electron chi connectivity index (χ1n) is 9.93. The van der Waals surface area contributed by atoms with Crippen molar-refractivity contribution < 1.29 is 35.5 Å². The molecule has 1 aromatic heterocycles. The van der Waals surface area contributed by atoms with E-state index in [-0.39, 0.29) is 6.54 Å². The van der Waals surface area contributed by atoms with Gasteiger partial charge in [-0.3, -0.25) is 9.78 Å². The van der Waals surface area contributed by atoms with Crippen molar-refractivity contribution in [3.63, 3.8) is 0 Å². The Balaban J connectivity index is 1.76. The second-order valence-corrected chi connectivity index (χ2v) is 9.66. The number of amides is 1. The van der Waals surface area contributed by atoms with Gasteiger partial charge >= 0.3 is 6.43 Å². The number of halogens is 4. The van der Waals surface area contributed by atoms with E-state index >= 15 is 0 Å². The Bertz CT molecular complexity index is 1080.